The van der Waals surface area contributed by atoms with E-state index in [1.807, 2.05) is 7.05 Å². The Morgan fingerprint density at radius 1 is 1.33 bits per heavy atom. The van der Waals surface area contributed by atoms with E-state index in [2.05, 4.69) is 4.90 Å². The molecule has 0 saturated carbocycles. The van der Waals surface area contributed by atoms with Gasteiger partial charge in [-0.3, -0.25) is 0 Å². The molecule has 0 aliphatic carbocycles. The second kappa shape index (κ2) is 3.47. The van der Waals surface area contributed by atoms with Gasteiger partial charge in [0.1, 0.15) is 0 Å². The SMILES string of the molecule is CN1CCCc2cc(C(C)(F)F)ccc21. The molecule has 3 heteroatoms. The molecule has 1 nitrogen and oxygen atoms in total. The molecule has 0 fully saturated rings. The topological polar surface area (TPSA) is 3.24 Å². The number of benzene rings is 1. The van der Waals surface area contributed by atoms with Gasteiger partial charge in [-0.2, -0.15) is 0 Å². The fourth-order valence-corrected chi connectivity index (χ4v) is 2.06. The van der Waals surface area contributed by atoms with Crippen molar-refractivity contribution >= 4 is 5.69 Å². The second-order valence-electron chi connectivity index (χ2n) is 4.26. The van der Waals surface area contributed by atoms with Crippen molar-refractivity contribution in [3.63, 3.8) is 0 Å². The molecule has 1 heterocycles. The van der Waals surface area contributed by atoms with Gasteiger partial charge in [-0.1, -0.05) is 6.07 Å². The predicted octanol–water partition coefficient (Wildman–Crippen LogP) is 3.18. The molecule has 1 aliphatic heterocycles. The predicted molar refractivity (Wildman–Crippen MR) is 57.6 cm³/mol. The van der Waals surface area contributed by atoms with Gasteiger partial charge in [-0.15, -0.1) is 0 Å². The minimum atomic E-state index is -2.73. The first-order chi connectivity index (χ1) is 6.98. The molecule has 0 spiro atoms. The summed E-state index contributed by atoms with van der Waals surface area (Å²) in [4.78, 5) is 2.12. The highest BCUT2D eigenvalue weighted by atomic mass is 19.3. The van der Waals surface area contributed by atoms with E-state index < -0.39 is 5.92 Å². The van der Waals surface area contributed by atoms with Gasteiger partial charge in [0.25, 0.3) is 5.92 Å². The summed E-state index contributed by atoms with van der Waals surface area (Å²) < 4.78 is 26.2. The highest BCUT2D eigenvalue weighted by Gasteiger charge is 2.26. The number of anilines is 1. The molecular weight excluding hydrogens is 196 g/mol. The van der Waals surface area contributed by atoms with Crippen LogP contribution >= 0.6 is 0 Å². The summed E-state index contributed by atoms with van der Waals surface area (Å²) in [5.74, 6) is -2.73. The minimum absolute atomic E-state index is 0.122. The molecule has 0 amide bonds. The summed E-state index contributed by atoms with van der Waals surface area (Å²) in [6, 6.07) is 4.98. The molecule has 1 aromatic rings. The van der Waals surface area contributed by atoms with Gasteiger partial charge in [0, 0.05) is 31.8 Å². The Labute approximate surface area is 88.7 Å². The third kappa shape index (κ3) is 1.96. The van der Waals surface area contributed by atoms with E-state index >= 15 is 0 Å². The quantitative estimate of drug-likeness (QED) is 0.689. The number of fused-ring (bicyclic) bond motifs is 1. The van der Waals surface area contributed by atoms with Gasteiger partial charge in [-0.25, -0.2) is 8.78 Å². The number of aryl methyl sites for hydroxylation is 1. The Balaban J connectivity index is 2.42. The van der Waals surface area contributed by atoms with Crippen molar-refractivity contribution in [1.82, 2.24) is 0 Å². The van der Waals surface area contributed by atoms with Gasteiger partial charge >= 0.3 is 0 Å². The average Bonchev–Trinajstić information content (AvgIpc) is 2.16. The average molecular weight is 211 g/mol. The van der Waals surface area contributed by atoms with Crippen LogP contribution in [0.3, 0.4) is 0 Å². The fraction of sp³-hybridized carbons (Fsp3) is 0.500. The smallest absolute Gasteiger partial charge is 0.270 e. The third-order valence-electron chi connectivity index (χ3n) is 2.94. The summed E-state index contributed by atoms with van der Waals surface area (Å²) in [7, 11) is 2.00. The standard InChI is InChI=1S/C12H15F2N/c1-12(13,14)10-5-6-11-9(8-10)4-3-7-15(11)2/h5-6,8H,3-4,7H2,1-2H3. The molecule has 0 radical (unpaired) electrons. The van der Waals surface area contributed by atoms with E-state index in [-0.39, 0.29) is 5.56 Å². The maximum Gasteiger partial charge on any atom is 0.270 e. The van der Waals surface area contributed by atoms with Gasteiger partial charge in [0.15, 0.2) is 0 Å². The highest BCUT2D eigenvalue weighted by molar-refractivity contribution is 5.56. The van der Waals surface area contributed by atoms with E-state index in [1.54, 1.807) is 12.1 Å². The molecule has 0 atom stereocenters. The summed E-state index contributed by atoms with van der Waals surface area (Å²) in [5.41, 5.74) is 2.26. The zero-order valence-electron chi connectivity index (χ0n) is 9.06. The maximum atomic E-state index is 13.1. The first-order valence-electron chi connectivity index (χ1n) is 5.21. The number of alkyl halides is 2. The van der Waals surface area contributed by atoms with E-state index in [0.717, 1.165) is 37.6 Å². The fourth-order valence-electron chi connectivity index (χ4n) is 2.06. The minimum Gasteiger partial charge on any atom is -0.374 e. The van der Waals surface area contributed by atoms with Crippen LogP contribution in [0.4, 0.5) is 14.5 Å². The Kier molecular flexibility index (Phi) is 2.41. The van der Waals surface area contributed by atoms with Crippen LogP contribution in [0.2, 0.25) is 0 Å². The maximum absolute atomic E-state index is 13.1. The largest absolute Gasteiger partial charge is 0.374 e. The number of rotatable bonds is 1. The number of halogens is 2. The van der Waals surface area contributed by atoms with Crippen molar-refractivity contribution in [2.75, 3.05) is 18.5 Å². The molecule has 2 rings (SSSR count). The van der Waals surface area contributed by atoms with Crippen LogP contribution in [0.1, 0.15) is 24.5 Å². The Bertz CT molecular complexity index is 368. The number of nitrogens with zero attached hydrogens (tertiary/aromatic N) is 1. The first kappa shape index (κ1) is 10.4. The summed E-state index contributed by atoms with van der Waals surface area (Å²) >= 11 is 0. The van der Waals surface area contributed by atoms with Crippen molar-refractivity contribution in [2.24, 2.45) is 0 Å². The van der Waals surface area contributed by atoms with E-state index in [0.29, 0.717) is 0 Å². The van der Waals surface area contributed by atoms with Crippen molar-refractivity contribution in [3.05, 3.63) is 29.3 Å². The molecule has 0 unspecified atom stereocenters. The number of hydrogen-bond donors (Lipinski definition) is 0. The Morgan fingerprint density at radius 2 is 2.07 bits per heavy atom. The van der Waals surface area contributed by atoms with Crippen molar-refractivity contribution in [1.29, 1.82) is 0 Å². The molecule has 0 aromatic heterocycles. The highest BCUT2D eigenvalue weighted by Crippen LogP contribution is 2.33. The first-order valence-corrected chi connectivity index (χ1v) is 5.21. The normalized spacial score (nSPS) is 16.4. The van der Waals surface area contributed by atoms with E-state index in [4.69, 9.17) is 0 Å². The third-order valence-corrected chi connectivity index (χ3v) is 2.94. The Hall–Kier alpha value is -1.12. The van der Waals surface area contributed by atoms with Gasteiger partial charge in [-0.05, 0) is 30.5 Å². The summed E-state index contributed by atoms with van der Waals surface area (Å²) in [5, 5.41) is 0. The summed E-state index contributed by atoms with van der Waals surface area (Å²) in [6.45, 7) is 1.95. The molecule has 1 aliphatic rings. The molecule has 15 heavy (non-hydrogen) atoms. The van der Waals surface area contributed by atoms with Crippen LogP contribution < -0.4 is 4.90 Å². The lowest BCUT2D eigenvalue weighted by Gasteiger charge is -2.28. The lowest BCUT2D eigenvalue weighted by molar-refractivity contribution is 0.0174. The van der Waals surface area contributed by atoms with Crippen LogP contribution in [-0.4, -0.2) is 13.6 Å². The van der Waals surface area contributed by atoms with Crippen LogP contribution in [0, 0.1) is 0 Å². The zero-order valence-corrected chi connectivity index (χ0v) is 9.06. The molecule has 0 saturated heterocycles. The van der Waals surface area contributed by atoms with Crippen LogP contribution in [0.15, 0.2) is 18.2 Å². The molecule has 0 N–H and O–H groups in total. The lowest BCUT2D eigenvalue weighted by atomic mass is 9.98. The zero-order chi connectivity index (χ0) is 11.1. The van der Waals surface area contributed by atoms with Crippen LogP contribution in [0.25, 0.3) is 0 Å². The van der Waals surface area contributed by atoms with Gasteiger partial charge < -0.3 is 4.90 Å². The molecule has 1 aromatic carbocycles. The monoisotopic (exact) mass is 211 g/mol. The molecule has 82 valence electrons. The van der Waals surface area contributed by atoms with Gasteiger partial charge in [0.2, 0.25) is 0 Å². The van der Waals surface area contributed by atoms with E-state index in [9.17, 15) is 8.78 Å². The Morgan fingerprint density at radius 3 is 2.73 bits per heavy atom. The lowest BCUT2D eigenvalue weighted by Crippen LogP contribution is -2.25. The molecule has 0 bridgehead atoms. The van der Waals surface area contributed by atoms with Crippen molar-refractivity contribution < 1.29 is 8.78 Å². The van der Waals surface area contributed by atoms with Crippen molar-refractivity contribution in [3.8, 4) is 0 Å². The van der Waals surface area contributed by atoms with Crippen LogP contribution in [0.5, 0.6) is 0 Å². The van der Waals surface area contributed by atoms with Crippen molar-refractivity contribution in [2.45, 2.75) is 25.7 Å². The number of hydrogen-bond acceptors (Lipinski definition) is 1. The van der Waals surface area contributed by atoms with Gasteiger partial charge in [0.05, 0.1) is 0 Å². The second-order valence-corrected chi connectivity index (χ2v) is 4.26. The molecular formula is C12H15F2N. The van der Waals surface area contributed by atoms with E-state index in [1.165, 1.54) is 6.07 Å². The summed E-state index contributed by atoms with van der Waals surface area (Å²) in [6.07, 6.45) is 1.95. The van der Waals surface area contributed by atoms with Crippen LogP contribution in [-0.2, 0) is 12.3 Å².